The average molecular weight is 512 g/mol. The molecular formula is C28H37N3O4S. The molecule has 0 saturated heterocycles. The minimum atomic E-state index is -0.931. The van der Waals surface area contributed by atoms with Crippen molar-refractivity contribution in [1.82, 2.24) is 15.5 Å². The molecule has 0 spiro atoms. The Morgan fingerprint density at radius 1 is 1.06 bits per heavy atom. The highest BCUT2D eigenvalue weighted by Crippen LogP contribution is 2.36. The zero-order valence-electron chi connectivity index (χ0n) is 21.7. The fourth-order valence-electron chi connectivity index (χ4n) is 4.17. The third kappa shape index (κ3) is 7.75. The van der Waals surface area contributed by atoms with Gasteiger partial charge in [-0.2, -0.15) is 12.6 Å². The number of benzene rings is 2. The van der Waals surface area contributed by atoms with Crippen molar-refractivity contribution in [2.45, 2.75) is 77.7 Å². The first-order valence-electron chi connectivity index (χ1n) is 12.3. The summed E-state index contributed by atoms with van der Waals surface area (Å²) in [6, 6.07) is 13.7. The van der Waals surface area contributed by atoms with Gasteiger partial charge >= 0.3 is 6.09 Å². The van der Waals surface area contributed by atoms with E-state index in [4.69, 9.17) is 4.74 Å². The number of hydrogen-bond acceptors (Lipinski definition) is 5. The monoisotopic (exact) mass is 511 g/mol. The molecule has 2 aromatic rings. The summed E-state index contributed by atoms with van der Waals surface area (Å²) in [6.07, 6.45) is 0.900. The first kappa shape index (κ1) is 27.6. The van der Waals surface area contributed by atoms with Gasteiger partial charge < -0.3 is 20.3 Å². The molecule has 0 heterocycles. The lowest BCUT2D eigenvalue weighted by Gasteiger charge is -2.34. The number of alkyl carbamates (subject to hydrolysis) is 1. The van der Waals surface area contributed by atoms with E-state index in [1.54, 1.807) is 25.7 Å². The molecule has 1 aliphatic carbocycles. The highest BCUT2D eigenvalue weighted by molar-refractivity contribution is 7.80. The number of ether oxygens (including phenoxy) is 1. The minimum Gasteiger partial charge on any atom is -0.444 e. The van der Waals surface area contributed by atoms with Gasteiger partial charge in [-0.1, -0.05) is 59.7 Å². The van der Waals surface area contributed by atoms with Gasteiger partial charge in [0.1, 0.15) is 17.7 Å². The molecule has 36 heavy (non-hydrogen) atoms. The molecule has 8 heteroatoms. The van der Waals surface area contributed by atoms with Gasteiger partial charge in [0.2, 0.25) is 11.8 Å². The standard InChI is InChI=1S/C28H37N3O4S/c1-18-13-19(2)15-21(14-18)24(25(32)29-16-20-9-7-6-8-10-20)31(22-11-12-22)26(33)23(17-36)30-27(34)35-28(3,4)5/h6-10,13-15,22-24,36H,11-12,16-17H2,1-5H3,(H,29,32)(H,30,34). The highest BCUT2D eigenvalue weighted by Gasteiger charge is 2.43. The molecule has 1 fully saturated rings. The van der Waals surface area contributed by atoms with E-state index in [2.05, 4.69) is 23.3 Å². The van der Waals surface area contributed by atoms with Gasteiger partial charge in [-0.15, -0.1) is 0 Å². The number of nitrogens with one attached hydrogen (secondary N) is 2. The number of thiol groups is 1. The van der Waals surface area contributed by atoms with E-state index in [0.29, 0.717) is 6.54 Å². The molecule has 3 rings (SSSR count). The molecule has 0 aromatic heterocycles. The summed E-state index contributed by atoms with van der Waals surface area (Å²) in [5.41, 5.74) is 3.02. The second kappa shape index (κ2) is 11.8. The molecule has 0 aliphatic heterocycles. The summed E-state index contributed by atoms with van der Waals surface area (Å²) in [6.45, 7) is 9.56. The third-order valence-electron chi connectivity index (χ3n) is 5.76. The zero-order chi connectivity index (χ0) is 26.5. The number of aryl methyl sites for hydroxylation is 2. The summed E-state index contributed by atoms with van der Waals surface area (Å²) in [5, 5.41) is 5.67. The zero-order valence-corrected chi connectivity index (χ0v) is 22.6. The summed E-state index contributed by atoms with van der Waals surface area (Å²) in [7, 11) is 0. The van der Waals surface area contributed by atoms with Crippen molar-refractivity contribution in [2.24, 2.45) is 0 Å². The van der Waals surface area contributed by atoms with E-state index in [1.807, 2.05) is 62.4 Å². The highest BCUT2D eigenvalue weighted by atomic mass is 32.1. The number of hydrogen-bond donors (Lipinski definition) is 3. The topological polar surface area (TPSA) is 87.7 Å². The normalized spacial score (nSPS) is 14.9. The van der Waals surface area contributed by atoms with Crippen LogP contribution in [0, 0.1) is 13.8 Å². The predicted molar refractivity (Wildman–Crippen MR) is 144 cm³/mol. The summed E-state index contributed by atoms with van der Waals surface area (Å²) < 4.78 is 5.35. The Bertz CT molecular complexity index is 1060. The van der Waals surface area contributed by atoms with Crippen molar-refractivity contribution in [3.05, 3.63) is 70.8 Å². The van der Waals surface area contributed by atoms with Crippen LogP contribution >= 0.6 is 12.6 Å². The second-order valence-corrected chi connectivity index (χ2v) is 10.8. The van der Waals surface area contributed by atoms with E-state index >= 15 is 0 Å². The molecule has 0 bridgehead atoms. The number of carbonyl (C=O) groups is 3. The summed E-state index contributed by atoms with van der Waals surface area (Å²) >= 11 is 4.34. The molecule has 2 N–H and O–H groups in total. The first-order chi connectivity index (χ1) is 17.0. The van der Waals surface area contributed by atoms with Gasteiger partial charge in [0, 0.05) is 18.3 Å². The first-order valence-corrected chi connectivity index (χ1v) is 12.9. The lowest BCUT2D eigenvalue weighted by molar-refractivity contribution is -0.142. The Balaban J connectivity index is 1.92. The molecule has 2 unspecified atom stereocenters. The van der Waals surface area contributed by atoms with Crippen LogP contribution in [-0.4, -0.2) is 46.2 Å². The van der Waals surface area contributed by atoms with Gasteiger partial charge in [0.05, 0.1) is 0 Å². The summed E-state index contributed by atoms with van der Waals surface area (Å²) in [5.74, 6) is -0.538. The molecule has 3 amide bonds. The lowest BCUT2D eigenvalue weighted by Crippen LogP contribution is -2.54. The maximum Gasteiger partial charge on any atom is 0.408 e. The van der Waals surface area contributed by atoms with Crippen LogP contribution in [-0.2, 0) is 20.9 Å². The molecule has 0 radical (unpaired) electrons. The Morgan fingerprint density at radius 3 is 2.19 bits per heavy atom. The predicted octanol–water partition coefficient (Wildman–Crippen LogP) is 4.48. The Labute approximate surface area is 219 Å². The number of rotatable bonds is 9. The molecular weight excluding hydrogens is 474 g/mol. The van der Waals surface area contributed by atoms with Crippen LogP contribution in [0.5, 0.6) is 0 Å². The van der Waals surface area contributed by atoms with Gasteiger partial charge in [-0.25, -0.2) is 4.79 Å². The van der Waals surface area contributed by atoms with Gasteiger partial charge in [0.15, 0.2) is 0 Å². The van der Waals surface area contributed by atoms with Gasteiger partial charge in [0.25, 0.3) is 0 Å². The Kier molecular flexibility index (Phi) is 9.06. The van der Waals surface area contributed by atoms with Crippen molar-refractivity contribution in [2.75, 3.05) is 5.75 Å². The van der Waals surface area contributed by atoms with Crippen molar-refractivity contribution in [3.63, 3.8) is 0 Å². The Morgan fingerprint density at radius 2 is 1.67 bits per heavy atom. The number of carbonyl (C=O) groups excluding carboxylic acids is 3. The average Bonchev–Trinajstić information content (AvgIpc) is 3.63. The smallest absolute Gasteiger partial charge is 0.408 e. The van der Waals surface area contributed by atoms with Crippen LogP contribution < -0.4 is 10.6 Å². The maximum atomic E-state index is 13.8. The molecule has 1 saturated carbocycles. The second-order valence-electron chi connectivity index (χ2n) is 10.4. The number of amides is 3. The van der Waals surface area contributed by atoms with Gasteiger partial charge in [-0.05, 0) is 58.6 Å². The molecule has 2 aromatic carbocycles. The van der Waals surface area contributed by atoms with Crippen LogP contribution in [0.2, 0.25) is 0 Å². The fourth-order valence-corrected chi connectivity index (χ4v) is 4.42. The van der Waals surface area contributed by atoms with Crippen LogP contribution in [0.15, 0.2) is 48.5 Å². The Hall–Kier alpha value is -3.00. The van der Waals surface area contributed by atoms with Crippen LogP contribution in [0.1, 0.15) is 61.9 Å². The van der Waals surface area contributed by atoms with Crippen molar-refractivity contribution in [1.29, 1.82) is 0 Å². The maximum absolute atomic E-state index is 13.8. The van der Waals surface area contributed by atoms with E-state index < -0.39 is 23.8 Å². The molecule has 2 atom stereocenters. The van der Waals surface area contributed by atoms with Crippen LogP contribution in [0.4, 0.5) is 4.79 Å². The van der Waals surface area contributed by atoms with E-state index in [1.165, 1.54) is 0 Å². The molecule has 194 valence electrons. The quantitative estimate of drug-likeness (QED) is 0.434. The molecule has 7 nitrogen and oxygen atoms in total. The van der Waals surface area contributed by atoms with Crippen molar-refractivity contribution < 1.29 is 19.1 Å². The number of nitrogens with zero attached hydrogens (tertiary/aromatic N) is 1. The third-order valence-corrected chi connectivity index (χ3v) is 6.13. The largest absolute Gasteiger partial charge is 0.444 e. The molecule has 1 aliphatic rings. The van der Waals surface area contributed by atoms with Crippen molar-refractivity contribution >= 4 is 30.5 Å². The van der Waals surface area contributed by atoms with Crippen LogP contribution in [0.25, 0.3) is 0 Å². The summed E-state index contributed by atoms with van der Waals surface area (Å²) in [4.78, 5) is 41.6. The van der Waals surface area contributed by atoms with Crippen LogP contribution in [0.3, 0.4) is 0 Å². The van der Waals surface area contributed by atoms with E-state index in [0.717, 1.165) is 35.1 Å². The lowest BCUT2D eigenvalue weighted by atomic mass is 9.98. The SMILES string of the molecule is Cc1cc(C)cc(C(C(=O)NCc2ccccc2)N(C(=O)C(CS)NC(=O)OC(C)(C)C)C2CC2)c1. The van der Waals surface area contributed by atoms with E-state index in [-0.39, 0.29) is 23.6 Å². The van der Waals surface area contributed by atoms with E-state index in [9.17, 15) is 14.4 Å². The fraction of sp³-hybridized carbons (Fsp3) is 0.464. The van der Waals surface area contributed by atoms with Crippen molar-refractivity contribution in [3.8, 4) is 0 Å². The van der Waals surface area contributed by atoms with Gasteiger partial charge in [-0.3, -0.25) is 9.59 Å². The minimum absolute atomic E-state index is 0.0759.